The van der Waals surface area contributed by atoms with Crippen molar-refractivity contribution in [2.75, 3.05) is 38.2 Å². The molecule has 1 amide bonds. The summed E-state index contributed by atoms with van der Waals surface area (Å²) in [6, 6.07) is 1.94. The zero-order valence-electron chi connectivity index (χ0n) is 12.6. The summed E-state index contributed by atoms with van der Waals surface area (Å²) < 4.78 is 7.01. The van der Waals surface area contributed by atoms with Gasteiger partial charge in [-0.25, -0.2) is 0 Å². The smallest absolute Gasteiger partial charge is 0.226 e. The number of morpholine rings is 1. The van der Waals surface area contributed by atoms with Crippen molar-refractivity contribution in [1.29, 1.82) is 0 Å². The van der Waals surface area contributed by atoms with Gasteiger partial charge in [0, 0.05) is 39.2 Å². The first-order valence-electron chi connectivity index (χ1n) is 7.20. The maximum absolute atomic E-state index is 12.0. The van der Waals surface area contributed by atoms with Crippen molar-refractivity contribution in [2.24, 2.45) is 7.05 Å². The lowest BCUT2D eigenvalue weighted by Crippen LogP contribution is -2.38. The highest BCUT2D eigenvalue weighted by molar-refractivity contribution is 5.90. The quantitative estimate of drug-likeness (QED) is 0.880. The van der Waals surface area contributed by atoms with Crippen LogP contribution in [-0.4, -0.2) is 53.4 Å². The van der Waals surface area contributed by atoms with Gasteiger partial charge in [-0.3, -0.25) is 14.4 Å². The molecule has 1 aliphatic rings. The Bertz CT molecular complexity index is 450. The van der Waals surface area contributed by atoms with Crippen LogP contribution in [0.3, 0.4) is 0 Å². The van der Waals surface area contributed by atoms with Gasteiger partial charge in [-0.05, 0) is 5.92 Å². The maximum atomic E-state index is 12.0. The van der Waals surface area contributed by atoms with Crippen LogP contribution in [0.15, 0.2) is 6.07 Å². The average Bonchev–Trinajstić information content (AvgIpc) is 2.79. The van der Waals surface area contributed by atoms with Crippen LogP contribution in [0, 0.1) is 0 Å². The Balaban J connectivity index is 1.81. The van der Waals surface area contributed by atoms with E-state index in [0.29, 0.717) is 12.3 Å². The van der Waals surface area contributed by atoms with E-state index in [2.05, 4.69) is 29.2 Å². The zero-order valence-corrected chi connectivity index (χ0v) is 12.6. The molecule has 0 unspecified atom stereocenters. The number of anilines is 1. The molecule has 20 heavy (non-hydrogen) atoms. The number of nitrogens with zero attached hydrogens (tertiary/aromatic N) is 3. The van der Waals surface area contributed by atoms with Gasteiger partial charge in [0.1, 0.15) is 5.82 Å². The van der Waals surface area contributed by atoms with Crippen LogP contribution in [0.1, 0.15) is 31.9 Å². The molecule has 0 atom stereocenters. The first-order chi connectivity index (χ1) is 9.56. The maximum Gasteiger partial charge on any atom is 0.226 e. The molecule has 1 saturated heterocycles. The molecular formula is C14H24N4O2. The van der Waals surface area contributed by atoms with Gasteiger partial charge in [0.05, 0.1) is 18.9 Å². The van der Waals surface area contributed by atoms with Crippen LogP contribution in [0.4, 0.5) is 5.82 Å². The van der Waals surface area contributed by atoms with E-state index in [9.17, 15) is 4.79 Å². The molecule has 1 N–H and O–H groups in total. The monoisotopic (exact) mass is 280 g/mol. The Morgan fingerprint density at radius 3 is 2.75 bits per heavy atom. The van der Waals surface area contributed by atoms with Crippen molar-refractivity contribution in [3.05, 3.63) is 11.8 Å². The van der Waals surface area contributed by atoms with Gasteiger partial charge in [0.25, 0.3) is 0 Å². The van der Waals surface area contributed by atoms with Gasteiger partial charge in [-0.2, -0.15) is 5.10 Å². The summed E-state index contributed by atoms with van der Waals surface area (Å²) in [6.07, 6.45) is 0.502. The number of nitrogens with one attached hydrogen (secondary N) is 1. The molecular weight excluding hydrogens is 256 g/mol. The van der Waals surface area contributed by atoms with Crippen molar-refractivity contribution in [1.82, 2.24) is 14.7 Å². The second-order valence-corrected chi connectivity index (χ2v) is 5.48. The van der Waals surface area contributed by atoms with Crippen LogP contribution >= 0.6 is 0 Å². The third-order valence-corrected chi connectivity index (χ3v) is 3.52. The number of rotatable bonds is 5. The van der Waals surface area contributed by atoms with Crippen molar-refractivity contribution < 1.29 is 9.53 Å². The third kappa shape index (κ3) is 4.05. The summed E-state index contributed by atoms with van der Waals surface area (Å²) in [5.41, 5.74) is 0.996. The van der Waals surface area contributed by atoms with E-state index in [1.807, 2.05) is 13.1 Å². The molecule has 6 nitrogen and oxygen atoms in total. The van der Waals surface area contributed by atoms with E-state index >= 15 is 0 Å². The number of carbonyl (C=O) groups excluding carboxylic acids is 1. The van der Waals surface area contributed by atoms with E-state index in [0.717, 1.165) is 44.4 Å². The molecule has 0 saturated carbocycles. The molecule has 2 heterocycles. The van der Waals surface area contributed by atoms with Crippen molar-refractivity contribution in [3.63, 3.8) is 0 Å². The first kappa shape index (κ1) is 15.0. The van der Waals surface area contributed by atoms with E-state index < -0.39 is 0 Å². The molecule has 1 fully saturated rings. The van der Waals surface area contributed by atoms with Crippen LogP contribution in [0.2, 0.25) is 0 Å². The van der Waals surface area contributed by atoms with Crippen molar-refractivity contribution >= 4 is 11.7 Å². The van der Waals surface area contributed by atoms with E-state index in [1.165, 1.54) is 0 Å². The predicted octanol–water partition coefficient (Wildman–Crippen LogP) is 1.20. The SMILES string of the molecule is CC(C)c1cc(NC(=O)CCN2CCOCC2)n(C)n1. The highest BCUT2D eigenvalue weighted by Gasteiger charge is 2.14. The second-order valence-electron chi connectivity index (χ2n) is 5.48. The van der Waals surface area contributed by atoms with Gasteiger partial charge in [0.2, 0.25) is 5.91 Å². The van der Waals surface area contributed by atoms with Gasteiger partial charge >= 0.3 is 0 Å². The lowest BCUT2D eigenvalue weighted by Gasteiger charge is -2.26. The Morgan fingerprint density at radius 1 is 1.45 bits per heavy atom. The number of amides is 1. The third-order valence-electron chi connectivity index (χ3n) is 3.52. The summed E-state index contributed by atoms with van der Waals surface area (Å²) in [4.78, 5) is 14.2. The van der Waals surface area contributed by atoms with Gasteiger partial charge < -0.3 is 10.1 Å². The molecule has 1 aromatic rings. The summed E-state index contributed by atoms with van der Waals surface area (Å²) in [5, 5.41) is 7.32. The lowest BCUT2D eigenvalue weighted by atomic mass is 10.1. The predicted molar refractivity (Wildman–Crippen MR) is 77.8 cm³/mol. The Kier molecular flexibility index (Phi) is 5.14. The fraction of sp³-hybridized carbons (Fsp3) is 0.714. The fourth-order valence-electron chi connectivity index (χ4n) is 2.18. The normalized spacial score (nSPS) is 16.6. The van der Waals surface area contributed by atoms with E-state index in [4.69, 9.17) is 4.74 Å². The molecule has 0 aliphatic carbocycles. The highest BCUT2D eigenvalue weighted by atomic mass is 16.5. The molecule has 1 aliphatic heterocycles. The number of carbonyl (C=O) groups is 1. The number of hydrogen-bond acceptors (Lipinski definition) is 4. The average molecular weight is 280 g/mol. The largest absolute Gasteiger partial charge is 0.379 e. The number of aromatic nitrogens is 2. The summed E-state index contributed by atoms with van der Waals surface area (Å²) in [7, 11) is 1.85. The summed E-state index contributed by atoms with van der Waals surface area (Å²) in [5.74, 6) is 1.16. The van der Waals surface area contributed by atoms with Crippen LogP contribution in [0.5, 0.6) is 0 Å². The Hall–Kier alpha value is -1.40. The molecule has 6 heteroatoms. The highest BCUT2D eigenvalue weighted by Crippen LogP contribution is 2.17. The van der Waals surface area contributed by atoms with Crippen LogP contribution in [0.25, 0.3) is 0 Å². The van der Waals surface area contributed by atoms with Gasteiger partial charge in [-0.1, -0.05) is 13.8 Å². The van der Waals surface area contributed by atoms with Crippen LogP contribution < -0.4 is 5.32 Å². The topological polar surface area (TPSA) is 59.4 Å². The van der Waals surface area contributed by atoms with E-state index in [1.54, 1.807) is 4.68 Å². The lowest BCUT2D eigenvalue weighted by molar-refractivity contribution is -0.116. The Labute approximate surface area is 120 Å². The minimum atomic E-state index is 0.0368. The minimum absolute atomic E-state index is 0.0368. The molecule has 0 bridgehead atoms. The standard InChI is InChI=1S/C14H24N4O2/c1-11(2)12-10-13(17(3)16-12)15-14(19)4-5-18-6-8-20-9-7-18/h10-11H,4-9H2,1-3H3,(H,15,19). The molecule has 0 spiro atoms. The number of hydrogen-bond donors (Lipinski definition) is 1. The van der Waals surface area contributed by atoms with Gasteiger partial charge in [-0.15, -0.1) is 0 Å². The molecule has 0 aromatic carbocycles. The molecule has 0 radical (unpaired) electrons. The zero-order chi connectivity index (χ0) is 14.5. The minimum Gasteiger partial charge on any atom is -0.379 e. The first-order valence-corrected chi connectivity index (χ1v) is 7.20. The van der Waals surface area contributed by atoms with Crippen molar-refractivity contribution in [3.8, 4) is 0 Å². The van der Waals surface area contributed by atoms with Crippen LogP contribution in [-0.2, 0) is 16.6 Å². The summed E-state index contributed by atoms with van der Waals surface area (Å²) >= 11 is 0. The number of aryl methyl sites for hydroxylation is 1. The Morgan fingerprint density at radius 2 is 2.15 bits per heavy atom. The molecule has 112 valence electrons. The van der Waals surface area contributed by atoms with Crippen molar-refractivity contribution in [2.45, 2.75) is 26.2 Å². The van der Waals surface area contributed by atoms with E-state index in [-0.39, 0.29) is 5.91 Å². The fourth-order valence-corrected chi connectivity index (χ4v) is 2.18. The molecule has 2 rings (SSSR count). The number of ether oxygens (including phenoxy) is 1. The molecule has 1 aromatic heterocycles. The second kappa shape index (κ2) is 6.85. The van der Waals surface area contributed by atoms with Gasteiger partial charge in [0.15, 0.2) is 0 Å². The summed E-state index contributed by atoms with van der Waals surface area (Å²) in [6.45, 7) is 8.32.